The van der Waals surface area contributed by atoms with Gasteiger partial charge in [-0.15, -0.1) is 0 Å². The molecule has 0 aliphatic heterocycles. The molecule has 3 aromatic carbocycles. The van der Waals surface area contributed by atoms with Gasteiger partial charge in [-0.05, 0) is 66.6 Å². The summed E-state index contributed by atoms with van der Waals surface area (Å²) >= 11 is 0. The van der Waals surface area contributed by atoms with E-state index in [1.807, 2.05) is 18.2 Å². The first-order chi connectivity index (χ1) is 15.5. The lowest BCUT2D eigenvalue weighted by molar-refractivity contribution is 0.0955. The SMILES string of the molecule is COc1ccc(C(=O)Nc2ccccc2C(=O)NCCc2cc(OC)ccc2OC)cc1. The number of rotatable bonds is 9. The third kappa shape index (κ3) is 5.57. The third-order valence-corrected chi connectivity index (χ3v) is 4.94. The lowest BCUT2D eigenvalue weighted by Crippen LogP contribution is -2.27. The van der Waals surface area contributed by atoms with E-state index in [-0.39, 0.29) is 11.8 Å². The van der Waals surface area contributed by atoms with E-state index in [0.29, 0.717) is 35.5 Å². The number of hydrogen-bond donors (Lipinski definition) is 2. The van der Waals surface area contributed by atoms with Gasteiger partial charge in [0.15, 0.2) is 0 Å². The Hall–Kier alpha value is -4.00. The average molecular weight is 434 g/mol. The van der Waals surface area contributed by atoms with Crippen LogP contribution in [-0.2, 0) is 6.42 Å². The van der Waals surface area contributed by atoms with E-state index in [1.165, 1.54) is 0 Å². The molecule has 166 valence electrons. The molecular weight excluding hydrogens is 408 g/mol. The summed E-state index contributed by atoms with van der Waals surface area (Å²) in [6.45, 7) is 0.392. The number of para-hydroxylation sites is 1. The summed E-state index contributed by atoms with van der Waals surface area (Å²) in [4.78, 5) is 25.4. The summed E-state index contributed by atoms with van der Waals surface area (Å²) in [7, 11) is 4.77. The Kier molecular flexibility index (Phi) is 7.70. The number of carbonyl (C=O) groups is 2. The average Bonchev–Trinajstić information content (AvgIpc) is 2.84. The molecule has 0 unspecified atom stereocenters. The van der Waals surface area contributed by atoms with Crippen molar-refractivity contribution in [3.8, 4) is 17.2 Å². The normalized spacial score (nSPS) is 10.2. The van der Waals surface area contributed by atoms with Gasteiger partial charge in [0.2, 0.25) is 0 Å². The molecule has 3 rings (SSSR count). The highest BCUT2D eigenvalue weighted by Gasteiger charge is 2.14. The summed E-state index contributed by atoms with van der Waals surface area (Å²) in [5.74, 6) is 1.52. The first-order valence-electron chi connectivity index (χ1n) is 10.1. The van der Waals surface area contributed by atoms with Crippen molar-refractivity contribution in [2.75, 3.05) is 33.2 Å². The van der Waals surface area contributed by atoms with Gasteiger partial charge in [0.25, 0.3) is 11.8 Å². The van der Waals surface area contributed by atoms with Gasteiger partial charge in [-0.2, -0.15) is 0 Å². The number of benzene rings is 3. The number of anilines is 1. The molecule has 0 bridgehead atoms. The molecule has 0 radical (unpaired) electrons. The van der Waals surface area contributed by atoms with Crippen LogP contribution in [-0.4, -0.2) is 39.7 Å². The van der Waals surface area contributed by atoms with Crippen molar-refractivity contribution in [2.45, 2.75) is 6.42 Å². The van der Waals surface area contributed by atoms with Crippen LogP contribution < -0.4 is 24.8 Å². The first-order valence-corrected chi connectivity index (χ1v) is 10.1. The van der Waals surface area contributed by atoms with Gasteiger partial charge in [-0.1, -0.05) is 12.1 Å². The molecule has 2 N–H and O–H groups in total. The van der Waals surface area contributed by atoms with E-state index in [9.17, 15) is 9.59 Å². The Morgan fingerprint density at radius 2 is 1.47 bits per heavy atom. The highest BCUT2D eigenvalue weighted by molar-refractivity contribution is 6.09. The van der Waals surface area contributed by atoms with Crippen molar-refractivity contribution in [3.05, 3.63) is 83.4 Å². The van der Waals surface area contributed by atoms with Crippen LogP contribution >= 0.6 is 0 Å². The minimum atomic E-state index is -0.311. The predicted molar refractivity (Wildman–Crippen MR) is 123 cm³/mol. The van der Waals surface area contributed by atoms with E-state index in [0.717, 1.165) is 17.1 Å². The highest BCUT2D eigenvalue weighted by atomic mass is 16.5. The van der Waals surface area contributed by atoms with Gasteiger partial charge in [0.1, 0.15) is 17.2 Å². The summed E-state index contributed by atoms with van der Waals surface area (Å²) in [5.41, 5.74) is 2.20. The fraction of sp³-hybridized carbons (Fsp3) is 0.200. The molecule has 0 aliphatic rings. The molecule has 0 fully saturated rings. The quantitative estimate of drug-likeness (QED) is 0.533. The highest BCUT2D eigenvalue weighted by Crippen LogP contribution is 2.24. The van der Waals surface area contributed by atoms with Gasteiger partial charge in [-0.3, -0.25) is 9.59 Å². The van der Waals surface area contributed by atoms with Crippen molar-refractivity contribution >= 4 is 17.5 Å². The number of ether oxygens (including phenoxy) is 3. The zero-order chi connectivity index (χ0) is 22.9. The van der Waals surface area contributed by atoms with Crippen LogP contribution in [0.5, 0.6) is 17.2 Å². The van der Waals surface area contributed by atoms with Crippen molar-refractivity contribution in [1.82, 2.24) is 5.32 Å². The van der Waals surface area contributed by atoms with Crippen LogP contribution in [0.15, 0.2) is 66.7 Å². The largest absolute Gasteiger partial charge is 0.497 e. The Bertz CT molecular complexity index is 1080. The van der Waals surface area contributed by atoms with Crippen molar-refractivity contribution in [1.29, 1.82) is 0 Å². The Labute approximate surface area is 187 Å². The van der Waals surface area contributed by atoms with E-state index >= 15 is 0 Å². The molecule has 0 aromatic heterocycles. The summed E-state index contributed by atoms with van der Waals surface area (Å²) in [6.07, 6.45) is 0.562. The second kappa shape index (κ2) is 10.9. The molecule has 0 saturated carbocycles. The minimum Gasteiger partial charge on any atom is -0.497 e. The molecule has 2 amide bonds. The maximum absolute atomic E-state index is 12.8. The summed E-state index contributed by atoms with van der Waals surface area (Å²) in [6, 6.07) is 19.2. The zero-order valence-electron chi connectivity index (χ0n) is 18.3. The number of methoxy groups -OCH3 is 3. The summed E-state index contributed by atoms with van der Waals surface area (Å²) < 4.78 is 15.8. The number of nitrogens with one attached hydrogen (secondary N) is 2. The van der Waals surface area contributed by atoms with Crippen LogP contribution in [0.3, 0.4) is 0 Å². The van der Waals surface area contributed by atoms with Crippen LogP contribution in [0, 0.1) is 0 Å². The molecule has 7 heteroatoms. The lowest BCUT2D eigenvalue weighted by atomic mass is 10.1. The van der Waals surface area contributed by atoms with Crippen molar-refractivity contribution in [3.63, 3.8) is 0 Å². The van der Waals surface area contributed by atoms with E-state index in [2.05, 4.69) is 10.6 Å². The maximum atomic E-state index is 12.8. The maximum Gasteiger partial charge on any atom is 0.255 e. The second-order valence-corrected chi connectivity index (χ2v) is 6.91. The van der Waals surface area contributed by atoms with Crippen LogP contribution in [0.1, 0.15) is 26.3 Å². The van der Waals surface area contributed by atoms with Crippen molar-refractivity contribution < 1.29 is 23.8 Å². The van der Waals surface area contributed by atoms with E-state index in [4.69, 9.17) is 14.2 Å². The van der Waals surface area contributed by atoms with E-state index < -0.39 is 0 Å². The zero-order valence-corrected chi connectivity index (χ0v) is 18.3. The molecular formula is C25H26N2O5. The number of carbonyl (C=O) groups excluding carboxylic acids is 2. The minimum absolute atomic E-state index is 0.280. The lowest BCUT2D eigenvalue weighted by Gasteiger charge is -2.13. The predicted octanol–water partition coefficient (Wildman–Crippen LogP) is 3.94. The molecule has 0 atom stereocenters. The van der Waals surface area contributed by atoms with Gasteiger partial charge < -0.3 is 24.8 Å². The molecule has 7 nitrogen and oxygen atoms in total. The van der Waals surface area contributed by atoms with Gasteiger partial charge in [0, 0.05) is 12.1 Å². The van der Waals surface area contributed by atoms with Gasteiger partial charge in [0.05, 0.1) is 32.6 Å². The smallest absolute Gasteiger partial charge is 0.255 e. The third-order valence-electron chi connectivity index (χ3n) is 4.94. The standard InChI is InChI=1S/C25H26N2O5/c1-30-19-10-8-17(9-11-19)24(28)27-22-7-5-4-6-21(22)25(29)26-15-14-18-16-20(31-2)12-13-23(18)32-3/h4-13,16H,14-15H2,1-3H3,(H,26,29)(H,27,28). The van der Waals surface area contributed by atoms with Crippen LogP contribution in [0.2, 0.25) is 0 Å². The Morgan fingerprint density at radius 1 is 0.781 bits per heavy atom. The van der Waals surface area contributed by atoms with E-state index in [1.54, 1.807) is 69.9 Å². The monoisotopic (exact) mass is 434 g/mol. The second-order valence-electron chi connectivity index (χ2n) is 6.91. The molecule has 32 heavy (non-hydrogen) atoms. The van der Waals surface area contributed by atoms with Gasteiger partial charge in [-0.25, -0.2) is 0 Å². The number of hydrogen-bond acceptors (Lipinski definition) is 5. The molecule has 0 heterocycles. The topological polar surface area (TPSA) is 85.9 Å². The fourth-order valence-electron chi connectivity index (χ4n) is 3.21. The first kappa shape index (κ1) is 22.7. The molecule has 0 spiro atoms. The Balaban J connectivity index is 1.66. The fourth-order valence-corrected chi connectivity index (χ4v) is 3.21. The molecule has 0 saturated heterocycles. The number of amides is 2. The van der Waals surface area contributed by atoms with Crippen molar-refractivity contribution in [2.24, 2.45) is 0 Å². The van der Waals surface area contributed by atoms with Crippen LogP contribution in [0.4, 0.5) is 5.69 Å². The van der Waals surface area contributed by atoms with Crippen LogP contribution in [0.25, 0.3) is 0 Å². The molecule has 3 aromatic rings. The Morgan fingerprint density at radius 3 is 2.16 bits per heavy atom. The summed E-state index contributed by atoms with van der Waals surface area (Å²) in [5, 5.41) is 5.71. The van der Waals surface area contributed by atoms with Gasteiger partial charge >= 0.3 is 0 Å². The molecule has 0 aliphatic carbocycles.